The second-order valence-electron chi connectivity index (χ2n) is 6.50. The van der Waals surface area contributed by atoms with Gasteiger partial charge in [-0.25, -0.2) is 0 Å². The maximum absolute atomic E-state index is 4.37. The van der Waals surface area contributed by atoms with Gasteiger partial charge < -0.3 is 15.5 Å². The van der Waals surface area contributed by atoms with Crippen LogP contribution in [-0.4, -0.2) is 38.7 Å². The van der Waals surface area contributed by atoms with Crippen LogP contribution in [0.25, 0.3) is 0 Å². The highest BCUT2D eigenvalue weighted by Gasteiger charge is 2.22. The van der Waals surface area contributed by atoms with E-state index in [0.717, 1.165) is 31.5 Å². The molecule has 1 aliphatic carbocycles. The largest absolute Gasteiger partial charge is 0.369 e. The molecule has 2 aliphatic rings. The van der Waals surface area contributed by atoms with Gasteiger partial charge in [-0.1, -0.05) is 31.0 Å². The maximum atomic E-state index is 4.37. The van der Waals surface area contributed by atoms with Crippen LogP contribution < -0.4 is 15.5 Å². The minimum atomic E-state index is 0.473. The van der Waals surface area contributed by atoms with Gasteiger partial charge in [-0.2, -0.15) is 0 Å². The molecule has 1 atom stereocenters. The lowest BCUT2D eigenvalue weighted by Crippen LogP contribution is -2.51. The Morgan fingerprint density at radius 1 is 1.23 bits per heavy atom. The normalized spacial score (nSPS) is 22.5. The summed E-state index contributed by atoms with van der Waals surface area (Å²) in [5, 5.41) is 7.06. The van der Waals surface area contributed by atoms with Crippen molar-refractivity contribution < 1.29 is 0 Å². The summed E-state index contributed by atoms with van der Waals surface area (Å²) in [4.78, 5) is 6.84. The Morgan fingerprint density at radius 3 is 2.77 bits per heavy atom. The molecule has 2 N–H and O–H groups in total. The van der Waals surface area contributed by atoms with Gasteiger partial charge in [0.25, 0.3) is 0 Å². The molecule has 0 spiro atoms. The summed E-state index contributed by atoms with van der Waals surface area (Å²) < 4.78 is 0. The van der Waals surface area contributed by atoms with E-state index < -0.39 is 0 Å². The first kappa shape index (κ1) is 15.2. The lowest BCUT2D eigenvalue weighted by molar-refractivity contribution is 0.467. The third-order valence-electron chi connectivity index (χ3n) is 4.65. The number of anilines is 1. The van der Waals surface area contributed by atoms with Gasteiger partial charge in [0, 0.05) is 38.4 Å². The highest BCUT2D eigenvalue weighted by molar-refractivity contribution is 5.80. The number of hydrogen-bond acceptors (Lipinski definition) is 2. The molecule has 0 bridgehead atoms. The fourth-order valence-electron chi connectivity index (χ4n) is 3.16. The Kier molecular flexibility index (Phi) is 5.20. The molecule has 1 heterocycles. The topological polar surface area (TPSA) is 39.7 Å². The molecule has 1 unspecified atom stereocenters. The zero-order valence-corrected chi connectivity index (χ0v) is 13.6. The Labute approximate surface area is 134 Å². The summed E-state index contributed by atoms with van der Waals surface area (Å²) in [6.45, 7) is 3.24. The first-order chi connectivity index (χ1) is 10.8. The number of para-hydroxylation sites is 1. The molecule has 0 aromatic heterocycles. The van der Waals surface area contributed by atoms with Gasteiger partial charge >= 0.3 is 0 Å². The van der Waals surface area contributed by atoms with Crippen molar-refractivity contribution in [2.24, 2.45) is 10.9 Å². The molecule has 120 valence electrons. The predicted octanol–water partition coefficient (Wildman–Crippen LogP) is 2.62. The second-order valence-corrected chi connectivity index (χ2v) is 6.50. The summed E-state index contributed by atoms with van der Waals surface area (Å²) in [6.07, 6.45) is 6.56. The van der Waals surface area contributed by atoms with Crippen molar-refractivity contribution >= 4 is 11.6 Å². The van der Waals surface area contributed by atoms with E-state index in [1.165, 1.54) is 37.8 Å². The molecule has 1 aromatic rings. The minimum Gasteiger partial charge on any atom is -0.369 e. The molecular weight excluding hydrogens is 272 g/mol. The molecule has 1 saturated heterocycles. The van der Waals surface area contributed by atoms with Crippen molar-refractivity contribution in [2.75, 3.05) is 31.6 Å². The fourth-order valence-corrected chi connectivity index (χ4v) is 3.16. The molecule has 3 rings (SSSR count). The first-order valence-electron chi connectivity index (χ1n) is 8.62. The van der Waals surface area contributed by atoms with Gasteiger partial charge in [-0.3, -0.25) is 4.99 Å². The van der Waals surface area contributed by atoms with E-state index in [-0.39, 0.29) is 0 Å². The Morgan fingerprint density at radius 2 is 2.05 bits per heavy atom. The van der Waals surface area contributed by atoms with Crippen LogP contribution in [0.2, 0.25) is 0 Å². The van der Waals surface area contributed by atoms with E-state index in [2.05, 4.69) is 50.9 Å². The zero-order chi connectivity index (χ0) is 15.2. The molecule has 1 aliphatic heterocycles. The van der Waals surface area contributed by atoms with Crippen LogP contribution in [0.15, 0.2) is 35.3 Å². The minimum absolute atomic E-state index is 0.473. The van der Waals surface area contributed by atoms with E-state index in [0.29, 0.717) is 6.04 Å². The van der Waals surface area contributed by atoms with Crippen LogP contribution >= 0.6 is 0 Å². The average molecular weight is 300 g/mol. The Hall–Kier alpha value is -1.71. The average Bonchev–Trinajstić information content (AvgIpc) is 3.39. The number of guanidine groups is 1. The number of nitrogens with zero attached hydrogens (tertiary/aromatic N) is 2. The smallest absolute Gasteiger partial charge is 0.191 e. The number of nitrogens with one attached hydrogen (secondary N) is 2. The van der Waals surface area contributed by atoms with Crippen molar-refractivity contribution in [1.29, 1.82) is 0 Å². The van der Waals surface area contributed by atoms with E-state index in [9.17, 15) is 0 Å². The lowest BCUT2D eigenvalue weighted by Gasteiger charge is -2.35. The number of rotatable bonds is 5. The molecule has 0 radical (unpaired) electrons. The summed E-state index contributed by atoms with van der Waals surface area (Å²) >= 11 is 0. The van der Waals surface area contributed by atoms with Gasteiger partial charge in [-0.05, 0) is 37.3 Å². The van der Waals surface area contributed by atoms with Crippen molar-refractivity contribution in [2.45, 2.75) is 38.1 Å². The van der Waals surface area contributed by atoms with Crippen molar-refractivity contribution in [3.8, 4) is 0 Å². The first-order valence-corrected chi connectivity index (χ1v) is 8.62. The van der Waals surface area contributed by atoms with Gasteiger partial charge in [0.15, 0.2) is 5.96 Å². The molecule has 0 amide bonds. The van der Waals surface area contributed by atoms with Gasteiger partial charge in [0.1, 0.15) is 0 Å². The van der Waals surface area contributed by atoms with Gasteiger partial charge in [0.2, 0.25) is 0 Å². The van der Waals surface area contributed by atoms with E-state index in [1.807, 2.05) is 7.05 Å². The summed E-state index contributed by atoms with van der Waals surface area (Å²) in [6, 6.07) is 11.2. The third-order valence-corrected chi connectivity index (χ3v) is 4.65. The summed E-state index contributed by atoms with van der Waals surface area (Å²) in [5.74, 6) is 1.93. The molecular formula is C18H28N4. The van der Waals surface area contributed by atoms with Gasteiger partial charge in [-0.15, -0.1) is 0 Å². The molecule has 1 saturated carbocycles. The number of hydrogen-bond donors (Lipinski definition) is 2. The third kappa shape index (κ3) is 4.39. The summed E-state index contributed by atoms with van der Waals surface area (Å²) in [7, 11) is 1.87. The Bertz CT molecular complexity index is 481. The van der Waals surface area contributed by atoms with E-state index in [4.69, 9.17) is 0 Å². The maximum Gasteiger partial charge on any atom is 0.191 e. The number of piperidine rings is 1. The molecule has 1 aromatic carbocycles. The van der Waals surface area contributed by atoms with E-state index in [1.54, 1.807) is 0 Å². The fraction of sp³-hybridized carbons (Fsp3) is 0.611. The molecule has 4 heteroatoms. The van der Waals surface area contributed by atoms with Crippen molar-refractivity contribution in [3.63, 3.8) is 0 Å². The standard InChI is InChI=1S/C18H28N4/c1-19-18(20-12-11-15-9-10-15)21-16-6-5-13-22(14-16)17-7-3-2-4-8-17/h2-4,7-8,15-16H,5-6,9-14H2,1H3,(H2,19,20,21). The summed E-state index contributed by atoms with van der Waals surface area (Å²) in [5.41, 5.74) is 1.32. The highest BCUT2D eigenvalue weighted by atomic mass is 15.2. The van der Waals surface area contributed by atoms with E-state index >= 15 is 0 Å². The van der Waals surface area contributed by atoms with Crippen molar-refractivity contribution in [1.82, 2.24) is 10.6 Å². The van der Waals surface area contributed by atoms with Gasteiger partial charge in [0.05, 0.1) is 0 Å². The monoisotopic (exact) mass is 300 g/mol. The molecule has 22 heavy (non-hydrogen) atoms. The number of benzene rings is 1. The predicted molar refractivity (Wildman–Crippen MR) is 93.5 cm³/mol. The van der Waals surface area contributed by atoms with Crippen LogP contribution in [-0.2, 0) is 0 Å². The molecule has 4 nitrogen and oxygen atoms in total. The second kappa shape index (κ2) is 7.52. The zero-order valence-electron chi connectivity index (χ0n) is 13.6. The molecule has 2 fully saturated rings. The quantitative estimate of drug-likeness (QED) is 0.649. The van der Waals surface area contributed by atoms with Crippen LogP contribution in [0.3, 0.4) is 0 Å². The number of aliphatic imine (C=N–C) groups is 1. The highest BCUT2D eigenvalue weighted by Crippen LogP contribution is 2.31. The SMILES string of the molecule is CN=C(NCCC1CC1)NC1CCCN(c2ccccc2)C1. The van der Waals surface area contributed by atoms with Crippen LogP contribution in [0, 0.1) is 5.92 Å². The van der Waals surface area contributed by atoms with Crippen LogP contribution in [0.5, 0.6) is 0 Å². The van der Waals surface area contributed by atoms with Crippen LogP contribution in [0.4, 0.5) is 5.69 Å². The Balaban J connectivity index is 1.48. The van der Waals surface area contributed by atoms with Crippen molar-refractivity contribution in [3.05, 3.63) is 30.3 Å². The lowest BCUT2D eigenvalue weighted by atomic mass is 10.1. The van der Waals surface area contributed by atoms with Crippen LogP contribution in [0.1, 0.15) is 32.1 Å².